The third-order valence-corrected chi connectivity index (χ3v) is 4.72. The van der Waals surface area contributed by atoms with Gasteiger partial charge in [0.25, 0.3) is 5.95 Å². The van der Waals surface area contributed by atoms with Crippen molar-refractivity contribution in [1.82, 2.24) is 19.9 Å². The molecule has 2 fully saturated rings. The molecule has 2 heterocycles. The van der Waals surface area contributed by atoms with Crippen LogP contribution in [0.1, 0.15) is 46.0 Å². The SMILES string of the molecule is CC(=Nc1nc(N[C@H](C)CC2CC2)nc(-c2ccccn2)n1)C1CC1. The van der Waals surface area contributed by atoms with Crippen molar-refractivity contribution >= 4 is 17.6 Å². The molecule has 2 aromatic rings. The van der Waals surface area contributed by atoms with E-state index in [0.717, 1.165) is 23.7 Å². The molecular formula is C19H24N6. The molecule has 0 amide bonds. The summed E-state index contributed by atoms with van der Waals surface area (Å²) in [5.74, 6) is 3.08. The molecule has 0 spiro atoms. The number of hydrogen-bond acceptors (Lipinski definition) is 6. The van der Waals surface area contributed by atoms with E-state index < -0.39 is 0 Å². The van der Waals surface area contributed by atoms with Gasteiger partial charge in [0, 0.05) is 18.0 Å². The summed E-state index contributed by atoms with van der Waals surface area (Å²) in [6.45, 7) is 4.24. The molecule has 2 aliphatic carbocycles. The fraction of sp³-hybridized carbons (Fsp3) is 0.526. The number of hydrogen-bond donors (Lipinski definition) is 1. The highest BCUT2D eigenvalue weighted by molar-refractivity contribution is 5.88. The van der Waals surface area contributed by atoms with Crippen molar-refractivity contribution in [2.75, 3.05) is 5.32 Å². The molecule has 0 bridgehead atoms. The average molecular weight is 336 g/mol. The van der Waals surface area contributed by atoms with Crippen LogP contribution in [0.5, 0.6) is 0 Å². The van der Waals surface area contributed by atoms with Gasteiger partial charge in [0.05, 0.1) is 0 Å². The fourth-order valence-corrected chi connectivity index (χ4v) is 2.97. The summed E-state index contributed by atoms with van der Waals surface area (Å²) in [6.07, 6.45) is 8.04. The van der Waals surface area contributed by atoms with Crippen LogP contribution in [-0.2, 0) is 0 Å². The summed E-state index contributed by atoms with van der Waals surface area (Å²) in [5, 5.41) is 3.42. The molecule has 1 atom stereocenters. The van der Waals surface area contributed by atoms with Gasteiger partial charge in [-0.15, -0.1) is 0 Å². The van der Waals surface area contributed by atoms with E-state index in [1.807, 2.05) is 18.2 Å². The molecule has 6 nitrogen and oxygen atoms in total. The predicted octanol–water partition coefficient (Wildman–Crippen LogP) is 4.04. The highest BCUT2D eigenvalue weighted by atomic mass is 15.2. The van der Waals surface area contributed by atoms with Gasteiger partial charge in [-0.3, -0.25) is 4.98 Å². The monoisotopic (exact) mass is 336 g/mol. The first-order chi connectivity index (χ1) is 12.2. The van der Waals surface area contributed by atoms with Gasteiger partial charge in [0.15, 0.2) is 5.82 Å². The summed E-state index contributed by atoms with van der Waals surface area (Å²) in [5.41, 5.74) is 1.85. The minimum Gasteiger partial charge on any atom is -0.352 e. The van der Waals surface area contributed by atoms with E-state index in [2.05, 4.69) is 44.1 Å². The molecule has 6 heteroatoms. The van der Waals surface area contributed by atoms with Crippen LogP contribution in [0, 0.1) is 11.8 Å². The Labute approximate surface area is 148 Å². The molecule has 0 aliphatic heterocycles. The topological polar surface area (TPSA) is 76.0 Å². The molecule has 0 saturated heterocycles. The lowest BCUT2D eigenvalue weighted by molar-refractivity contribution is 0.637. The van der Waals surface area contributed by atoms with Crippen molar-refractivity contribution in [3.63, 3.8) is 0 Å². The molecule has 2 aromatic heterocycles. The van der Waals surface area contributed by atoms with Crippen molar-refractivity contribution in [2.45, 2.75) is 52.0 Å². The second-order valence-electron chi connectivity index (χ2n) is 7.25. The normalized spacial score (nSPS) is 18.9. The highest BCUT2D eigenvalue weighted by Gasteiger charge is 2.25. The number of pyridine rings is 1. The minimum absolute atomic E-state index is 0.341. The molecule has 25 heavy (non-hydrogen) atoms. The first-order valence-electron chi connectivity index (χ1n) is 9.16. The lowest BCUT2D eigenvalue weighted by Crippen LogP contribution is -2.18. The van der Waals surface area contributed by atoms with Crippen molar-refractivity contribution < 1.29 is 0 Å². The first-order valence-corrected chi connectivity index (χ1v) is 9.16. The number of aliphatic imine (C=N–C) groups is 1. The average Bonchev–Trinajstić information content (AvgIpc) is 3.49. The summed E-state index contributed by atoms with van der Waals surface area (Å²) >= 11 is 0. The van der Waals surface area contributed by atoms with Gasteiger partial charge in [0.2, 0.25) is 5.95 Å². The highest BCUT2D eigenvalue weighted by Crippen LogP contribution is 2.34. The van der Waals surface area contributed by atoms with Crippen LogP contribution in [0.2, 0.25) is 0 Å². The maximum absolute atomic E-state index is 4.64. The Morgan fingerprint density at radius 1 is 1.20 bits per heavy atom. The second-order valence-corrected chi connectivity index (χ2v) is 7.25. The summed E-state index contributed by atoms with van der Waals surface area (Å²) in [4.78, 5) is 22.6. The van der Waals surface area contributed by atoms with Crippen LogP contribution >= 0.6 is 0 Å². The number of nitrogens with one attached hydrogen (secondary N) is 1. The smallest absolute Gasteiger partial charge is 0.254 e. The Morgan fingerprint density at radius 3 is 2.72 bits per heavy atom. The maximum atomic E-state index is 4.64. The van der Waals surface area contributed by atoms with Crippen LogP contribution in [0.4, 0.5) is 11.9 Å². The van der Waals surface area contributed by atoms with Crippen LogP contribution in [0.25, 0.3) is 11.5 Å². The predicted molar refractivity (Wildman–Crippen MR) is 99.0 cm³/mol. The fourth-order valence-electron chi connectivity index (χ4n) is 2.97. The van der Waals surface area contributed by atoms with Crippen molar-refractivity contribution in [3.05, 3.63) is 24.4 Å². The lowest BCUT2D eigenvalue weighted by Gasteiger charge is -2.14. The van der Waals surface area contributed by atoms with Gasteiger partial charge in [-0.25, -0.2) is 4.99 Å². The van der Waals surface area contributed by atoms with E-state index in [1.54, 1.807) is 6.20 Å². The van der Waals surface area contributed by atoms with Crippen LogP contribution in [-0.4, -0.2) is 31.7 Å². The summed E-state index contributed by atoms with van der Waals surface area (Å²) < 4.78 is 0. The van der Waals surface area contributed by atoms with Gasteiger partial charge in [-0.2, -0.15) is 15.0 Å². The lowest BCUT2D eigenvalue weighted by atomic mass is 10.2. The Morgan fingerprint density at radius 2 is 2.04 bits per heavy atom. The molecule has 4 rings (SSSR count). The number of rotatable bonds is 7. The number of aromatic nitrogens is 4. The van der Waals surface area contributed by atoms with Crippen LogP contribution in [0.3, 0.4) is 0 Å². The summed E-state index contributed by atoms with van der Waals surface area (Å²) in [7, 11) is 0. The van der Waals surface area contributed by atoms with E-state index in [4.69, 9.17) is 0 Å². The molecule has 0 aromatic carbocycles. The molecule has 2 saturated carbocycles. The van der Waals surface area contributed by atoms with Gasteiger partial charge in [-0.05, 0) is 57.1 Å². The molecule has 130 valence electrons. The Kier molecular flexibility index (Phi) is 4.42. The first kappa shape index (κ1) is 16.1. The molecule has 0 radical (unpaired) electrons. The van der Waals surface area contributed by atoms with Crippen molar-refractivity contribution in [1.29, 1.82) is 0 Å². The van der Waals surface area contributed by atoms with Crippen LogP contribution < -0.4 is 5.32 Å². The summed E-state index contributed by atoms with van der Waals surface area (Å²) in [6, 6.07) is 6.08. The van der Waals surface area contributed by atoms with Gasteiger partial charge in [0.1, 0.15) is 5.69 Å². The van der Waals surface area contributed by atoms with Gasteiger partial charge >= 0.3 is 0 Å². The molecule has 2 aliphatic rings. The van der Waals surface area contributed by atoms with E-state index in [0.29, 0.717) is 29.7 Å². The zero-order chi connectivity index (χ0) is 17.2. The standard InChI is InChI=1S/C19H24N6/c1-12(11-14-6-7-14)21-18-23-17(16-5-3-4-10-20-16)24-19(25-18)22-13(2)15-8-9-15/h3-5,10,12,14-15H,6-9,11H2,1-2H3,(H,21,23,24,25)/t12-/m1/s1. The van der Waals surface area contributed by atoms with Crippen molar-refractivity contribution in [3.8, 4) is 11.5 Å². The number of nitrogens with zero attached hydrogens (tertiary/aromatic N) is 5. The Bertz CT molecular complexity index is 765. The zero-order valence-corrected chi connectivity index (χ0v) is 14.8. The van der Waals surface area contributed by atoms with Gasteiger partial charge in [-0.1, -0.05) is 18.9 Å². The van der Waals surface area contributed by atoms with E-state index >= 15 is 0 Å². The molecule has 0 unspecified atom stereocenters. The maximum Gasteiger partial charge on any atom is 0.254 e. The quantitative estimate of drug-likeness (QED) is 0.772. The Balaban J connectivity index is 1.63. The Hall–Kier alpha value is -2.37. The number of anilines is 1. The molecular weight excluding hydrogens is 312 g/mol. The van der Waals surface area contributed by atoms with Crippen LogP contribution in [0.15, 0.2) is 29.4 Å². The van der Waals surface area contributed by atoms with Crippen molar-refractivity contribution in [2.24, 2.45) is 16.8 Å². The third kappa shape index (κ3) is 4.38. The van der Waals surface area contributed by atoms with E-state index in [-0.39, 0.29) is 0 Å². The second kappa shape index (κ2) is 6.86. The zero-order valence-electron chi connectivity index (χ0n) is 14.8. The van der Waals surface area contributed by atoms with E-state index in [9.17, 15) is 0 Å². The largest absolute Gasteiger partial charge is 0.352 e. The van der Waals surface area contributed by atoms with Gasteiger partial charge < -0.3 is 5.32 Å². The van der Waals surface area contributed by atoms with E-state index in [1.165, 1.54) is 25.7 Å². The molecule has 1 N–H and O–H groups in total. The third-order valence-electron chi connectivity index (χ3n) is 4.72. The minimum atomic E-state index is 0.341.